The van der Waals surface area contributed by atoms with E-state index in [2.05, 4.69) is 19.9 Å². The van der Waals surface area contributed by atoms with Gasteiger partial charge >= 0.3 is 0 Å². The van der Waals surface area contributed by atoms with Gasteiger partial charge in [0, 0.05) is 61.8 Å². The molecule has 1 aliphatic carbocycles. The number of primary amides is 1. The molecular formula is C40H49ClN8O6. The molecule has 3 fully saturated rings. The van der Waals surface area contributed by atoms with E-state index in [9.17, 15) is 24.4 Å². The average molecular weight is 773 g/mol. The summed E-state index contributed by atoms with van der Waals surface area (Å²) in [7, 11) is 0. The number of nitrogens with zero attached hydrogens (tertiary/aromatic N) is 7. The predicted molar refractivity (Wildman–Crippen MR) is 206 cm³/mol. The zero-order valence-corrected chi connectivity index (χ0v) is 32.6. The lowest BCUT2D eigenvalue weighted by Crippen LogP contribution is -2.77. The van der Waals surface area contributed by atoms with Gasteiger partial charge in [0.05, 0.1) is 35.0 Å². The zero-order chi connectivity index (χ0) is 39.5. The Kier molecular flexibility index (Phi) is 11.8. The number of imide groups is 1. The van der Waals surface area contributed by atoms with Crippen LogP contribution in [0.5, 0.6) is 11.5 Å². The number of nitrogens with two attached hydrogens (primary N) is 1. The fourth-order valence-electron chi connectivity index (χ4n) is 8.77. The van der Waals surface area contributed by atoms with E-state index in [0.29, 0.717) is 29.2 Å². The van der Waals surface area contributed by atoms with Crippen molar-refractivity contribution in [1.29, 1.82) is 5.26 Å². The molecule has 3 aliphatic rings. The number of hydrogen-bond donors (Lipinski definition) is 1. The van der Waals surface area contributed by atoms with Crippen LogP contribution in [0.15, 0.2) is 53.6 Å². The largest absolute Gasteiger partial charge is 0.492 e. The Hall–Kier alpha value is -5.00. The molecule has 0 radical (unpaired) electrons. The lowest BCUT2D eigenvalue weighted by molar-refractivity contribution is -0.216. The summed E-state index contributed by atoms with van der Waals surface area (Å²) in [4.78, 5) is 62.3. The van der Waals surface area contributed by atoms with Gasteiger partial charge in [0.2, 0.25) is 11.8 Å². The number of anilines is 1. The molecule has 2 saturated heterocycles. The highest BCUT2D eigenvalue weighted by molar-refractivity contribution is 6.31. The molecule has 2 aromatic heterocycles. The van der Waals surface area contributed by atoms with Gasteiger partial charge in [-0.05, 0) is 50.1 Å². The number of carbonyl (C=O) groups excluding carboxylic acids is 3. The zero-order valence-electron chi connectivity index (χ0n) is 31.9. The summed E-state index contributed by atoms with van der Waals surface area (Å²) in [6.45, 7) is 12.9. The van der Waals surface area contributed by atoms with Crippen LogP contribution in [-0.2, 0) is 9.59 Å². The topological polar surface area (TPSA) is 177 Å². The molecule has 1 unspecified atom stereocenters. The Labute approximate surface area is 326 Å². The summed E-state index contributed by atoms with van der Waals surface area (Å²) >= 11 is 6.24. The Bertz CT molecular complexity index is 1990. The van der Waals surface area contributed by atoms with Crippen LogP contribution in [0.4, 0.5) is 5.82 Å². The van der Waals surface area contributed by atoms with Crippen molar-refractivity contribution in [2.75, 3.05) is 44.2 Å². The normalized spacial score (nSPS) is 22.1. The first-order valence-corrected chi connectivity index (χ1v) is 19.3. The van der Waals surface area contributed by atoms with Crippen LogP contribution in [0.1, 0.15) is 88.2 Å². The molecule has 6 rings (SSSR count). The number of nitriles is 1. The fourth-order valence-corrected chi connectivity index (χ4v) is 8.99. The Morgan fingerprint density at radius 3 is 2.33 bits per heavy atom. The van der Waals surface area contributed by atoms with Crippen molar-refractivity contribution < 1.29 is 23.9 Å². The first-order chi connectivity index (χ1) is 26.2. The summed E-state index contributed by atoms with van der Waals surface area (Å²) in [6.07, 6.45) is 6.84. The second-order valence-electron chi connectivity index (χ2n) is 15.8. The minimum absolute atomic E-state index is 0.101. The quantitative estimate of drug-likeness (QED) is 0.179. The minimum Gasteiger partial charge on any atom is -0.492 e. The number of amides is 3. The smallest absolute Gasteiger partial charge is 0.271 e. The van der Waals surface area contributed by atoms with E-state index in [1.54, 1.807) is 24.3 Å². The minimum atomic E-state index is -0.919. The number of benzene rings is 1. The first kappa shape index (κ1) is 39.7. The SMILES string of the molecule is CC1(C)C(Oc2ccc(C#N)c(Cl)c2)C(C)(C)C1N1C(=O)CCC(n2ncc(OCCCCCCN3CCN(c4ccc(C(N)=O)cn4)CC3)cc2=O)C1=O. The number of piperazine rings is 1. The average Bonchev–Trinajstić information content (AvgIpc) is 3.15. The second kappa shape index (κ2) is 16.4. The molecule has 0 spiro atoms. The van der Waals surface area contributed by atoms with Crippen molar-refractivity contribution >= 4 is 35.1 Å². The van der Waals surface area contributed by atoms with Crippen molar-refractivity contribution in [2.24, 2.45) is 16.6 Å². The predicted octanol–water partition coefficient (Wildman–Crippen LogP) is 4.60. The summed E-state index contributed by atoms with van der Waals surface area (Å²) in [6, 6.07) is 10.4. The van der Waals surface area contributed by atoms with Crippen molar-refractivity contribution in [2.45, 2.75) is 84.4 Å². The number of pyridine rings is 1. The maximum Gasteiger partial charge on any atom is 0.271 e. The number of ether oxygens (including phenoxy) is 2. The van der Waals surface area contributed by atoms with E-state index in [4.69, 9.17) is 26.8 Å². The van der Waals surface area contributed by atoms with E-state index >= 15 is 0 Å². The van der Waals surface area contributed by atoms with Gasteiger partial charge in [-0.3, -0.25) is 29.0 Å². The third-order valence-electron chi connectivity index (χ3n) is 11.2. The van der Waals surface area contributed by atoms with Crippen molar-refractivity contribution in [3.05, 3.63) is 75.3 Å². The monoisotopic (exact) mass is 772 g/mol. The Balaban J connectivity index is 0.951. The van der Waals surface area contributed by atoms with Crippen LogP contribution in [0.25, 0.3) is 0 Å². The van der Waals surface area contributed by atoms with Crippen molar-refractivity contribution in [1.82, 2.24) is 24.6 Å². The molecule has 1 atom stereocenters. The highest BCUT2D eigenvalue weighted by atomic mass is 35.5. The van der Waals surface area contributed by atoms with Gasteiger partial charge in [-0.25, -0.2) is 9.67 Å². The van der Waals surface area contributed by atoms with Crippen molar-refractivity contribution in [3.8, 4) is 17.6 Å². The molecule has 14 nitrogen and oxygen atoms in total. The number of unbranched alkanes of at least 4 members (excludes halogenated alkanes) is 3. The number of halogens is 1. The third kappa shape index (κ3) is 8.33. The first-order valence-electron chi connectivity index (χ1n) is 18.9. The summed E-state index contributed by atoms with van der Waals surface area (Å²) in [5.74, 6) is 0.474. The summed E-state index contributed by atoms with van der Waals surface area (Å²) < 4.78 is 13.4. The van der Waals surface area contributed by atoms with Gasteiger partial charge in [0.15, 0.2) is 0 Å². The Morgan fingerprint density at radius 1 is 0.964 bits per heavy atom. The Morgan fingerprint density at radius 2 is 1.69 bits per heavy atom. The van der Waals surface area contributed by atoms with E-state index in [0.717, 1.165) is 68.9 Å². The number of piperidine rings is 1. The number of hydrogen-bond acceptors (Lipinski definition) is 11. The van der Waals surface area contributed by atoms with Crippen LogP contribution >= 0.6 is 11.6 Å². The summed E-state index contributed by atoms with van der Waals surface area (Å²) in [5, 5.41) is 13.8. The number of rotatable bonds is 14. The molecule has 55 heavy (non-hydrogen) atoms. The molecule has 2 aliphatic heterocycles. The summed E-state index contributed by atoms with van der Waals surface area (Å²) in [5.41, 5.74) is 4.33. The van der Waals surface area contributed by atoms with Gasteiger partial charge in [-0.1, -0.05) is 52.1 Å². The second-order valence-corrected chi connectivity index (χ2v) is 16.2. The standard InChI is InChI=1S/C40H49ClN8O6/c1-39(2)37(40(3,4)38(39)55-28-11-9-26(23-42)30(41)21-28)48-33(50)14-12-31(36(48)53)49-34(51)22-29(25-45-49)54-20-8-6-5-7-15-46-16-18-47(19-17-46)32-13-10-27(24-44-32)35(43)52/h9-11,13,21-22,24-25,31,37-38H,5-8,12,14-20H2,1-4H3,(H2,43,52). The lowest BCUT2D eigenvalue weighted by atomic mass is 9.48. The molecule has 4 heterocycles. The van der Waals surface area contributed by atoms with E-state index in [1.807, 2.05) is 39.8 Å². The van der Waals surface area contributed by atoms with Crippen LogP contribution in [0, 0.1) is 22.2 Å². The number of carbonyl (C=O) groups is 3. The highest BCUT2D eigenvalue weighted by Crippen LogP contribution is 2.58. The van der Waals surface area contributed by atoms with Crippen LogP contribution in [-0.4, -0.2) is 93.8 Å². The maximum absolute atomic E-state index is 14.0. The van der Waals surface area contributed by atoms with E-state index in [1.165, 1.54) is 23.4 Å². The van der Waals surface area contributed by atoms with E-state index in [-0.39, 0.29) is 29.9 Å². The molecule has 3 aromatic rings. The molecule has 0 bridgehead atoms. The fraction of sp³-hybridized carbons (Fsp3) is 0.525. The van der Waals surface area contributed by atoms with Crippen LogP contribution < -0.4 is 25.7 Å². The van der Waals surface area contributed by atoms with Crippen LogP contribution in [0.3, 0.4) is 0 Å². The van der Waals surface area contributed by atoms with Gasteiger partial charge in [-0.2, -0.15) is 10.4 Å². The van der Waals surface area contributed by atoms with Crippen molar-refractivity contribution in [3.63, 3.8) is 0 Å². The molecule has 1 aromatic carbocycles. The van der Waals surface area contributed by atoms with E-state index < -0.39 is 40.3 Å². The number of likely N-dealkylation sites (tertiary alicyclic amines) is 1. The molecule has 1 saturated carbocycles. The highest BCUT2D eigenvalue weighted by Gasteiger charge is 2.68. The maximum atomic E-state index is 14.0. The van der Waals surface area contributed by atoms with Crippen LogP contribution in [0.2, 0.25) is 5.02 Å². The van der Waals surface area contributed by atoms with Gasteiger partial charge < -0.3 is 20.1 Å². The van der Waals surface area contributed by atoms with Gasteiger partial charge in [-0.15, -0.1) is 0 Å². The molecule has 15 heteroatoms. The lowest BCUT2D eigenvalue weighted by Gasteiger charge is -2.65. The molecule has 3 amide bonds. The van der Waals surface area contributed by atoms with Gasteiger partial charge in [0.25, 0.3) is 11.5 Å². The third-order valence-corrected chi connectivity index (χ3v) is 11.5. The molecule has 292 valence electrons. The van der Waals surface area contributed by atoms with Gasteiger partial charge in [0.1, 0.15) is 35.5 Å². The molecule has 2 N–H and O–H groups in total. The molecular weight excluding hydrogens is 724 g/mol. The number of aromatic nitrogens is 3.